The summed E-state index contributed by atoms with van der Waals surface area (Å²) in [6, 6.07) is 0. The molecule has 1 heteroatoms. The van der Waals surface area contributed by atoms with Gasteiger partial charge in [0, 0.05) is 6.21 Å². The van der Waals surface area contributed by atoms with Gasteiger partial charge in [-0.05, 0) is 12.2 Å². The Hall–Kier alpha value is -0.590. The lowest BCUT2D eigenvalue weighted by molar-refractivity contribution is 1.46. The van der Waals surface area contributed by atoms with Crippen LogP contribution >= 0.6 is 0 Å². The monoisotopic (exact) mass is 64.0 g/mol. The average molecular weight is 64.1 g/mol. The van der Waals surface area contributed by atoms with Crippen molar-refractivity contribution in [3.8, 4) is 0 Å². The zero-order valence-corrected chi connectivity index (χ0v) is 2.60. The first-order chi connectivity index (χ1) is 2.50. The molecule has 0 atom stereocenters. The second-order valence-electron chi connectivity index (χ2n) is 0.701. The Balaban J connectivity index is 2.61. The molecule has 1 heterocycles. The van der Waals surface area contributed by atoms with Gasteiger partial charge in [0.1, 0.15) is 0 Å². The molecule has 0 aromatic rings. The highest BCUT2D eigenvalue weighted by Gasteiger charge is 1.76. The van der Waals surface area contributed by atoms with Crippen LogP contribution in [-0.4, -0.2) is 6.21 Å². The van der Waals surface area contributed by atoms with Crippen LogP contribution in [0.2, 0.25) is 0 Å². The van der Waals surface area contributed by atoms with E-state index < -0.39 is 0 Å². The third kappa shape index (κ3) is 0.349. The van der Waals surface area contributed by atoms with E-state index in [-0.39, 0.29) is 0 Å². The Morgan fingerprint density at radius 1 is 1.60 bits per heavy atom. The lowest BCUT2D eigenvalue weighted by atomic mass is 10.6. The zero-order valence-electron chi connectivity index (χ0n) is 2.60. The Labute approximate surface area is 31.0 Å². The summed E-state index contributed by atoms with van der Waals surface area (Å²) < 4.78 is 0. The highest BCUT2D eigenvalue weighted by molar-refractivity contribution is 5.73. The Morgan fingerprint density at radius 2 is 2.60 bits per heavy atom. The molecule has 0 unspecified atom stereocenters. The number of aliphatic imine (C=N–C) groups is 1. The summed E-state index contributed by atoms with van der Waals surface area (Å²) in [5.41, 5.74) is 0. The van der Waals surface area contributed by atoms with Gasteiger partial charge in [-0.1, -0.05) is 0 Å². The van der Waals surface area contributed by atoms with E-state index in [1.807, 2.05) is 0 Å². The zero-order chi connectivity index (χ0) is 3.54. The van der Waals surface area contributed by atoms with E-state index in [1.54, 1.807) is 12.3 Å². The molecule has 0 bridgehead atoms. The molecule has 0 aromatic carbocycles. The topological polar surface area (TPSA) is 12.4 Å². The molecular weight excluding hydrogens is 62.1 g/mol. The van der Waals surface area contributed by atoms with E-state index in [0.717, 1.165) is 0 Å². The number of allylic oxidation sites excluding steroid dienone is 1. The minimum absolute atomic E-state index is 1.64. The highest BCUT2D eigenvalue weighted by atomic mass is 14.7. The molecule has 1 aliphatic heterocycles. The second-order valence-corrected chi connectivity index (χ2v) is 0.701. The molecule has 1 rings (SSSR count). The van der Waals surface area contributed by atoms with Crippen molar-refractivity contribution in [3.05, 3.63) is 18.7 Å². The molecule has 3 radical (unpaired) electrons. The van der Waals surface area contributed by atoms with Crippen molar-refractivity contribution in [1.29, 1.82) is 0 Å². The number of rotatable bonds is 0. The summed E-state index contributed by atoms with van der Waals surface area (Å²) >= 11 is 0. The highest BCUT2D eigenvalue weighted by Crippen LogP contribution is 1.84. The third-order valence-corrected chi connectivity index (χ3v) is 0.362. The van der Waals surface area contributed by atoms with Crippen molar-refractivity contribution >= 4 is 6.21 Å². The predicted octanol–water partition coefficient (Wildman–Crippen LogP) is 0.469. The molecular formula is C4H2N. The average Bonchev–Trinajstić information content (AvgIpc) is 1.76. The van der Waals surface area contributed by atoms with Crippen LogP contribution in [-0.2, 0) is 0 Å². The van der Waals surface area contributed by atoms with Gasteiger partial charge in [0.25, 0.3) is 0 Å². The minimum Gasteiger partial charge on any atom is -0.276 e. The van der Waals surface area contributed by atoms with Gasteiger partial charge in [0.05, 0.1) is 0 Å². The third-order valence-electron chi connectivity index (χ3n) is 0.362. The summed E-state index contributed by atoms with van der Waals surface area (Å²) in [5.74, 6) is 0. The van der Waals surface area contributed by atoms with Crippen LogP contribution in [0, 0.1) is 12.6 Å². The summed E-state index contributed by atoms with van der Waals surface area (Å²) in [6.45, 7) is 2.49. The van der Waals surface area contributed by atoms with Crippen LogP contribution in [0.25, 0.3) is 0 Å². The minimum atomic E-state index is 1.64. The quantitative estimate of drug-likeness (QED) is 0.388. The maximum absolute atomic E-state index is 3.54. The molecule has 1 nitrogen and oxygen atoms in total. The van der Waals surface area contributed by atoms with Crippen LogP contribution in [0.5, 0.6) is 0 Å². The maximum Gasteiger partial charge on any atom is 0.150 e. The first-order valence-corrected chi connectivity index (χ1v) is 1.35. The summed E-state index contributed by atoms with van der Waals surface area (Å²) in [4.78, 5) is 3.54. The first kappa shape index (κ1) is 2.64. The Bertz CT molecular complexity index is 61.7. The maximum atomic E-state index is 3.54. The smallest absolute Gasteiger partial charge is 0.150 e. The van der Waals surface area contributed by atoms with Crippen LogP contribution in [0.15, 0.2) is 11.1 Å². The molecule has 0 aliphatic carbocycles. The van der Waals surface area contributed by atoms with E-state index in [4.69, 9.17) is 0 Å². The van der Waals surface area contributed by atoms with Gasteiger partial charge in [-0.3, -0.25) is 4.99 Å². The van der Waals surface area contributed by atoms with Gasteiger partial charge in [-0.15, -0.1) is 0 Å². The first-order valence-electron chi connectivity index (χ1n) is 1.35. The second kappa shape index (κ2) is 1.02. The summed E-state index contributed by atoms with van der Waals surface area (Å²) in [5, 5.41) is 0. The van der Waals surface area contributed by atoms with Gasteiger partial charge in [-0.2, -0.15) is 0 Å². The predicted molar refractivity (Wildman–Crippen MR) is 19.5 cm³/mol. The van der Waals surface area contributed by atoms with Crippen molar-refractivity contribution in [2.75, 3.05) is 0 Å². The van der Waals surface area contributed by atoms with Gasteiger partial charge < -0.3 is 0 Å². The molecule has 0 N–H and O–H groups in total. The number of hydrogen-bond acceptors (Lipinski definition) is 1. The molecule has 0 spiro atoms. The van der Waals surface area contributed by atoms with E-state index >= 15 is 0 Å². The lowest BCUT2D eigenvalue weighted by Gasteiger charge is -1.55. The molecule has 1 aliphatic rings. The molecule has 23 valence electrons. The Kier molecular flexibility index (Phi) is 0.537. The summed E-state index contributed by atoms with van der Waals surface area (Å²) in [7, 11) is 0. The van der Waals surface area contributed by atoms with Crippen LogP contribution in [0.3, 0.4) is 0 Å². The van der Waals surface area contributed by atoms with Crippen molar-refractivity contribution in [3.63, 3.8) is 0 Å². The van der Waals surface area contributed by atoms with Crippen LogP contribution in [0.1, 0.15) is 0 Å². The van der Waals surface area contributed by atoms with E-state index in [2.05, 4.69) is 17.6 Å². The molecule has 0 saturated carbocycles. The number of hydrogen-bond donors (Lipinski definition) is 0. The fourth-order valence-corrected chi connectivity index (χ4v) is 0.186. The normalized spacial score (nSPS) is 17.6. The fraction of sp³-hybridized carbons (Fsp3) is 0. The Morgan fingerprint density at radius 3 is 2.80 bits per heavy atom. The van der Waals surface area contributed by atoms with Crippen molar-refractivity contribution < 1.29 is 0 Å². The molecule has 0 saturated heterocycles. The largest absolute Gasteiger partial charge is 0.276 e. The number of nitrogens with zero attached hydrogens (tertiary/aromatic N) is 1. The van der Waals surface area contributed by atoms with E-state index in [9.17, 15) is 0 Å². The van der Waals surface area contributed by atoms with Gasteiger partial charge >= 0.3 is 0 Å². The molecule has 0 amide bonds. The lowest BCUT2D eigenvalue weighted by Crippen LogP contribution is -1.44. The van der Waals surface area contributed by atoms with Crippen molar-refractivity contribution in [2.45, 2.75) is 0 Å². The molecule has 0 fully saturated rings. The van der Waals surface area contributed by atoms with E-state index in [1.165, 1.54) is 0 Å². The standard InChI is InChI=1S/C4H2N/c1-2-4-5-3-1/h1,3H. The van der Waals surface area contributed by atoms with Crippen molar-refractivity contribution in [2.24, 2.45) is 4.99 Å². The SMILES string of the molecule is [C]1[C]=CC=N1. The molecule has 0 aromatic heterocycles. The van der Waals surface area contributed by atoms with Crippen LogP contribution < -0.4 is 0 Å². The van der Waals surface area contributed by atoms with Gasteiger partial charge in [0.15, 0.2) is 6.54 Å². The van der Waals surface area contributed by atoms with Gasteiger partial charge in [0.2, 0.25) is 0 Å². The summed E-state index contributed by atoms with van der Waals surface area (Å²) in [6.07, 6.45) is 5.97. The van der Waals surface area contributed by atoms with E-state index in [0.29, 0.717) is 0 Å². The molecule has 5 heavy (non-hydrogen) atoms. The fourth-order valence-electron chi connectivity index (χ4n) is 0.186. The van der Waals surface area contributed by atoms with Gasteiger partial charge in [-0.25, -0.2) is 0 Å². The van der Waals surface area contributed by atoms with Crippen molar-refractivity contribution in [1.82, 2.24) is 0 Å². The van der Waals surface area contributed by atoms with Crippen LogP contribution in [0.4, 0.5) is 0 Å².